The van der Waals surface area contributed by atoms with Crippen molar-refractivity contribution in [2.45, 2.75) is 72.9 Å². The molecular formula is C20H36IN5OS. The monoisotopic (exact) mass is 521 g/mol. The van der Waals surface area contributed by atoms with Gasteiger partial charge in [-0.2, -0.15) is 0 Å². The van der Waals surface area contributed by atoms with E-state index < -0.39 is 0 Å². The van der Waals surface area contributed by atoms with E-state index in [4.69, 9.17) is 4.99 Å². The van der Waals surface area contributed by atoms with Crippen LogP contribution in [0.1, 0.15) is 62.0 Å². The molecule has 1 fully saturated rings. The maximum atomic E-state index is 12.5. The van der Waals surface area contributed by atoms with Crippen LogP contribution in [0, 0.1) is 19.8 Å². The minimum Gasteiger partial charge on any atom is -0.357 e. The number of amides is 1. The second-order valence-electron chi connectivity index (χ2n) is 7.19. The molecule has 1 aromatic heterocycles. The molecule has 0 saturated carbocycles. The third-order valence-electron chi connectivity index (χ3n) is 5.21. The molecule has 1 aliphatic heterocycles. The van der Waals surface area contributed by atoms with Crippen LogP contribution >= 0.6 is 35.3 Å². The molecule has 160 valence electrons. The summed E-state index contributed by atoms with van der Waals surface area (Å²) in [4.78, 5) is 25.0. The molecule has 0 bridgehead atoms. The van der Waals surface area contributed by atoms with Crippen LogP contribution in [0.5, 0.6) is 0 Å². The largest absolute Gasteiger partial charge is 0.357 e. The van der Waals surface area contributed by atoms with Gasteiger partial charge in [0.25, 0.3) is 0 Å². The highest BCUT2D eigenvalue weighted by Crippen LogP contribution is 2.19. The number of likely N-dealkylation sites (tertiary alicyclic amines) is 1. The van der Waals surface area contributed by atoms with Gasteiger partial charge in [0.1, 0.15) is 0 Å². The second-order valence-corrected chi connectivity index (χ2v) is 8.48. The number of guanidine groups is 1. The topological polar surface area (TPSA) is 69.6 Å². The number of thiazole rings is 1. The Morgan fingerprint density at radius 3 is 2.39 bits per heavy atom. The first-order chi connectivity index (χ1) is 13.0. The molecule has 0 radical (unpaired) electrons. The van der Waals surface area contributed by atoms with E-state index in [-0.39, 0.29) is 29.9 Å². The SMILES string of the molecule is CCNC(=NCc1sc(C)nc1C)NC1CCN(C(=O)C(CC)CC)CC1.I. The van der Waals surface area contributed by atoms with Crippen LogP contribution in [0.2, 0.25) is 0 Å². The summed E-state index contributed by atoms with van der Waals surface area (Å²) in [6.07, 6.45) is 3.80. The summed E-state index contributed by atoms with van der Waals surface area (Å²) in [6, 6.07) is 0.359. The third kappa shape index (κ3) is 7.17. The molecular weight excluding hydrogens is 485 g/mol. The molecule has 0 unspecified atom stereocenters. The molecule has 1 saturated heterocycles. The standard InChI is InChI=1S/C20H35N5OS.HI/c1-6-16(7-2)19(26)25-11-9-17(10-12-25)24-20(21-8-3)22-13-18-14(4)23-15(5)27-18;/h16-17H,6-13H2,1-5H3,(H2,21,22,24);1H. The van der Waals surface area contributed by atoms with Crippen molar-refractivity contribution in [3.05, 3.63) is 15.6 Å². The Labute approximate surface area is 191 Å². The predicted octanol–water partition coefficient (Wildman–Crippen LogP) is 3.86. The number of halogens is 1. The van der Waals surface area contributed by atoms with Crippen molar-refractivity contribution in [3.8, 4) is 0 Å². The van der Waals surface area contributed by atoms with Crippen LogP contribution in [-0.2, 0) is 11.3 Å². The van der Waals surface area contributed by atoms with Gasteiger partial charge < -0.3 is 15.5 Å². The number of aromatic nitrogens is 1. The number of carbonyl (C=O) groups is 1. The van der Waals surface area contributed by atoms with Gasteiger partial charge in [-0.1, -0.05) is 13.8 Å². The van der Waals surface area contributed by atoms with Crippen molar-refractivity contribution in [2.24, 2.45) is 10.9 Å². The normalized spacial score (nSPS) is 15.5. The van der Waals surface area contributed by atoms with E-state index >= 15 is 0 Å². The van der Waals surface area contributed by atoms with Crippen molar-refractivity contribution >= 4 is 47.2 Å². The molecule has 0 atom stereocenters. The average Bonchev–Trinajstić information content (AvgIpc) is 2.98. The number of nitrogens with one attached hydrogen (secondary N) is 2. The first-order valence-corrected chi connectivity index (χ1v) is 11.1. The van der Waals surface area contributed by atoms with Crippen LogP contribution in [0.15, 0.2) is 4.99 Å². The minimum absolute atomic E-state index is 0. The zero-order chi connectivity index (χ0) is 19.8. The Balaban J connectivity index is 0.00000392. The Hall–Kier alpha value is -0.900. The van der Waals surface area contributed by atoms with Gasteiger partial charge in [-0.25, -0.2) is 9.98 Å². The zero-order valence-corrected chi connectivity index (χ0v) is 21.0. The van der Waals surface area contributed by atoms with Crippen LogP contribution in [-0.4, -0.2) is 47.4 Å². The summed E-state index contributed by atoms with van der Waals surface area (Å²) in [5, 5.41) is 7.98. The highest BCUT2D eigenvalue weighted by Gasteiger charge is 2.26. The predicted molar refractivity (Wildman–Crippen MR) is 129 cm³/mol. The molecule has 0 spiro atoms. The van der Waals surface area contributed by atoms with Crippen molar-refractivity contribution < 1.29 is 4.79 Å². The van der Waals surface area contributed by atoms with Crippen LogP contribution in [0.4, 0.5) is 0 Å². The zero-order valence-electron chi connectivity index (χ0n) is 17.9. The second kappa shape index (κ2) is 12.6. The van der Waals surface area contributed by atoms with Gasteiger partial charge >= 0.3 is 0 Å². The fourth-order valence-electron chi connectivity index (χ4n) is 3.52. The lowest BCUT2D eigenvalue weighted by Gasteiger charge is -2.34. The van der Waals surface area contributed by atoms with Gasteiger partial charge in [0.05, 0.1) is 17.2 Å². The molecule has 2 heterocycles. The summed E-state index contributed by atoms with van der Waals surface area (Å²) < 4.78 is 0. The van der Waals surface area contributed by atoms with E-state index in [0.717, 1.165) is 62.0 Å². The molecule has 8 heteroatoms. The maximum absolute atomic E-state index is 12.5. The molecule has 28 heavy (non-hydrogen) atoms. The number of hydrogen-bond acceptors (Lipinski definition) is 4. The van der Waals surface area contributed by atoms with E-state index in [2.05, 4.69) is 36.4 Å². The summed E-state index contributed by atoms with van der Waals surface area (Å²) in [5.41, 5.74) is 1.07. The molecule has 6 nitrogen and oxygen atoms in total. The van der Waals surface area contributed by atoms with Crippen molar-refractivity contribution in [2.75, 3.05) is 19.6 Å². The summed E-state index contributed by atoms with van der Waals surface area (Å²) in [6.45, 7) is 13.5. The Kier molecular flexibility index (Phi) is 11.3. The van der Waals surface area contributed by atoms with E-state index in [1.165, 1.54) is 4.88 Å². The molecule has 2 N–H and O–H groups in total. The van der Waals surface area contributed by atoms with E-state index in [1.807, 2.05) is 18.7 Å². The number of aliphatic imine (C=N–C) groups is 1. The van der Waals surface area contributed by atoms with Crippen LogP contribution in [0.3, 0.4) is 0 Å². The van der Waals surface area contributed by atoms with Crippen molar-refractivity contribution in [1.82, 2.24) is 20.5 Å². The lowest BCUT2D eigenvalue weighted by atomic mass is 9.98. The van der Waals surface area contributed by atoms with Gasteiger partial charge in [-0.05, 0) is 46.5 Å². The lowest BCUT2D eigenvalue weighted by molar-refractivity contribution is -0.136. The van der Waals surface area contributed by atoms with Gasteiger partial charge in [0.2, 0.25) is 5.91 Å². The summed E-state index contributed by atoms with van der Waals surface area (Å²) in [7, 11) is 0. The summed E-state index contributed by atoms with van der Waals surface area (Å²) >= 11 is 1.71. The first kappa shape index (κ1) is 25.1. The van der Waals surface area contributed by atoms with Crippen LogP contribution < -0.4 is 10.6 Å². The third-order valence-corrected chi connectivity index (χ3v) is 6.26. The van der Waals surface area contributed by atoms with Gasteiger partial charge in [-0.3, -0.25) is 4.79 Å². The fraction of sp³-hybridized carbons (Fsp3) is 0.750. The number of nitrogens with zero attached hydrogens (tertiary/aromatic N) is 3. The Bertz CT molecular complexity index is 637. The number of piperidine rings is 1. The molecule has 1 amide bonds. The molecule has 2 rings (SSSR count). The van der Waals surface area contributed by atoms with Crippen molar-refractivity contribution in [3.63, 3.8) is 0 Å². The average molecular weight is 522 g/mol. The quantitative estimate of drug-likeness (QED) is 0.325. The van der Waals surface area contributed by atoms with Crippen molar-refractivity contribution in [1.29, 1.82) is 0 Å². The minimum atomic E-state index is 0. The van der Waals surface area contributed by atoms with Gasteiger partial charge in [0, 0.05) is 36.5 Å². The van der Waals surface area contributed by atoms with E-state index in [9.17, 15) is 4.79 Å². The Morgan fingerprint density at radius 1 is 1.25 bits per heavy atom. The van der Waals surface area contributed by atoms with E-state index in [1.54, 1.807) is 11.3 Å². The molecule has 1 aliphatic rings. The molecule has 0 aromatic carbocycles. The number of carbonyl (C=O) groups excluding carboxylic acids is 1. The Morgan fingerprint density at radius 2 is 1.89 bits per heavy atom. The maximum Gasteiger partial charge on any atom is 0.225 e. The number of aryl methyl sites for hydroxylation is 2. The number of rotatable bonds is 7. The molecule has 1 aromatic rings. The van der Waals surface area contributed by atoms with Gasteiger partial charge in [0.15, 0.2) is 5.96 Å². The van der Waals surface area contributed by atoms with Crippen LogP contribution in [0.25, 0.3) is 0 Å². The smallest absolute Gasteiger partial charge is 0.225 e. The summed E-state index contributed by atoms with van der Waals surface area (Å²) in [5.74, 6) is 1.36. The number of hydrogen-bond donors (Lipinski definition) is 2. The lowest BCUT2D eigenvalue weighted by Crippen LogP contribution is -2.50. The highest BCUT2D eigenvalue weighted by atomic mass is 127. The first-order valence-electron chi connectivity index (χ1n) is 10.2. The molecule has 0 aliphatic carbocycles. The van der Waals surface area contributed by atoms with Gasteiger partial charge in [-0.15, -0.1) is 35.3 Å². The highest BCUT2D eigenvalue weighted by molar-refractivity contribution is 14.0. The van der Waals surface area contributed by atoms with E-state index in [0.29, 0.717) is 18.5 Å². The fourth-order valence-corrected chi connectivity index (χ4v) is 4.39.